The van der Waals surface area contributed by atoms with Gasteiger partial charge in [0.1, 0.15) is 24.7 Å². The molecule has 0 heterocycles. The van der Waals surface area contributed by atoms with Crippen LogP contribution in [0.1, 0.15) is 34.6 Å². The van der Waals surface area contributed by atoms with Gasteiger partial charge in [-0.15, -0.1) is 0 Å². The summed E-state index contributed by atoms with van der Waals surface area (Å²) in [6.07, 6.45) is 0. The van der Waals surface area contributed by atoms with Gasteiger partial charge < -0.3 is 29.6 Å². The molecule has 8 heteroatoms. The molecule has 3 rings (SSSR count). The number of ether oxygens (including phenoxy) is 4. The van der Waals surface area contributed by atoms with E-state index in [4.69, 9.17) is 18.9 Å². The van der Waals surface area contributed by atoms with Crippen LogP contribution in [-0.2, 0) is 9.47 Å². The zero-order chi connectivity index (χ0) is 25.6. The minimum absolute atomic E-state index is 0.287. The van der Waals surface area contributed by atoms with Crippen molar-refractivity contribution in [3.63, 3.8) is 0 Å². The predicted octanol–water partition coefficient (Wildman–Crippen LogP) is 5.02. The Bertz CT molecular complexity index is 1030. The molecule has 0 radical (unpaired) electrons. The fourth-order valence-corrected chi connectivity index (χ4v) is 3.23. The second-order valence-corrected chi connectivity index (χ2v) is 7.63. The molecule has 0 aromatic heterocycles. The van der Waals surface area contributed by atoms with Gasteiger partial charge in [-0.2, -0.15) is 0 Å². The van der Waals surface area contributed by atoms with Crippen LogP contribution < -0.4 is 20.1 Å². The smallest absolute Gasteiger partial charge is 0.255 e. The second-order valence-electron chi connectivity index (χ2n) is 7.63. The number of carbonyl (C=O) groups excluding carboxylic acids is 2. The van der Waals surface area contributed by atoms with Crippen LogP contribution in [0.5, 0.6) is 11.5 Å². The van der Waals surface area contributed by atoms with Gasteiger partial charge in [-0.3, -0.25) is 9.59 Å². The lowest BCUT2D eigenvalue weighted by atomic mass is 10.1. The van der Waals surface area contributed by atoms with E-state index in [0.29, 0.717) is 73.6 Å². The summed E-state index contributed by atoms with van der Waals surface area (Å²) in [5.41, 5.74) is 2.08. The number of hydrogen-bond acceptors (Lipinski definition) is 6. The predicted molar refractivity (Wildman–Crippen MR) is 139 cm³/mol. The summed E-state index contributed by atoms with van der Waals surface area (Å²) in [4.78, 5) is 25.3. The maximum absolute atomic E-state index is 12.7. The molecule has 0 aliphatic carbocycles. The minimum Gasteiger partial charge on any atom is -0.491 e. The molecule has 190 valence electrons. The Kier molecular flexibility index (Phi) is 10.8. The van der Waals surface area contributed by atoms with Crippen LogP contribution in [0, 0.1) is 0 Å². The van der Waals surface area contributed by atoms with E-state index in [0.717, 1.165) is 0 Å². The average molecular weight is 493 g/mol. The summed E-state index contributed by atoms with van der Waals surface area (Å²) < 4.78 is 21.8. The monoisotopic (exact) mass is 492 g/mol. The average Bonchev–Trinajstić information content (AvgIpc) is 2.90. The van der Waals surface area contributed by atoms with Crippen molar-refractivity contribution in [2.24, 2.45) is 0 Å². The van der Waals surface area contributed by atoms with E-state index in [1.165, 1.54) is 0 Å². The Morgan fingerprint density at radius 3 is 1.42 bits per heavy atom. The van der Waals surface area contributed by atoms with Gasteiger partial charge in [0.25, 0.3) is 11.8 Å². The van der Waals surface area contributed by atoms with Crippen molar-refractivity contribution in [3.8, 4) is 11.5 Å². The van der Waals surface area contributed by atoms with Crippen LogP contribution in [0.3, 0.4) is 0 Å². The van der Waals surface area contributed by atoms with Gasteiger partial charge in [-0.05, 0) is 62.4 Å². The van der Waals surface area contributed by atoms with Gasteiger partial charge in [0.2, 0.25) is 0 Å². The number of hydrogen-bond donors (Lipinski definition) is 2. The highest BCUT2D eigenvalue weighted by Gasteiger charge is 2.11. The van der Waals surface area contributed by atoms with Crippen LogP contribution in [0.15, 0.2) is 72.8 Å². The van der Waals surface area contributed by atoms with Gasteiger partial charge in [0.15, 0.2) is 0 Å². The zero-order valence-electron chi connectivity index (χ0n) is 20.6. The molecule has 0 fully saturated rings. The number of carbonyl (C=O) groups is 2. The van der Waals surface area contributed by atoms with Gasteiger partial charge in [-0.1, -0.05) is 12.1 Å². The molecule has 0 spiro atoms. The SMILES string of the molecule is CCOCCOc1cccc(NC(=O)c2ccc(C(=O)Nc3cccc(OCCOCC)c3)cc2)c1. The lowest BCUT2D eigenvalue weighted by Crippen LogP contribution is -2.14. The van der Waals surface area contributed by atoms with Crippen LogP contribution in [0.2, 0.25) is 0 Å². The van der Waals surface area contributed by atoms with Crippen molar-refractivity contribution in [2.45, 2.75) is 13.8 Å². The lowest BCUT2D eigenvalue weighted by molar-refractivity contribution is 0.101. The second kappa shape index (κ2) is 14.5. The number of amides is 2. The van der Waals surface area contributed by atoms with Crippen molar-refractivity contribution >= 4 is 23.2 Å². The third-order valence-electron chi connectivity index (χ3n) is 4.99. The Hall–Kier alpha value is -3.88. The molecule has 2 amide bonds. The van der Waals surface area contributed by atoms with Crippen molar-refractivity contribution in [1.29, 1.82) is 0 Å². The number of benzene rings is 3. The fraction of sp³-hybridized carbons (Fsp3) is 0.286. The van der Waals surface area contributed by atoms with Crippen LogP contribution in [-0.4, -0.2) is 51.5 Å². The first-order chi connectivity index (χ1) is 17.6. The van der Waals surface area contributed by atoms with Crippen molar-refractivity contribution < 1.29 is 28.5 Å². The summed E-state index contributed by atoms with van der Waals surface area (Å²) in [5.74, 6) is 0.710. The van der Waals surface area contributed by atoms with Gasteiger partial charge >= 0.3 is 0 Å². The first-order valence-electron chi connectivity index (χ1n) is 11.9. The standard InChI is InChI=1S/C28H32N2O6/c1-3-33-15-17-35-25-9-5-7-23(19-25)29-27(31)21-11-13-22(14-12-21)28(32)30-24-8-6-10-26(20-24)36-18-16-34-4-2/h5-14,19-20H,3-4,15-18H2,1-2H3,(H,29,31)(H,30,32). The van der Waals surface area contributed by atoms with Gasteiger partial charge in [0.05, 0.1) is 13.2 Å². The first-order valence-corrected chi connectivity index (χ1v) is 11.9. The summed E-state index contributed by atoms with van der Waals surface area (Å²) in [6, 6.07) is 20.7. The van der Waals surface area contributed by atoms with E-state index < -0.39 is 0 Å². The van der Waals surface area contributed by atoms with Crippen molar-refractivity contribution in [1.82, 2.24) is 0 Å². The Balaban J connectivity index is 1.53. The molecule has 0 saturated carbocycles. The number of nitrogens with one attached hydrogen (secondary N) is 2. The summed E-state index contributed by atoms with van der Waals surface area (Å²) in [5, 5.41) is 5.69. The van der Waals surface area contributed by atoms with E-state index in [1.807, 2.05) is 26.0 Å². The van der Waals surface area contributed by atoms with E-state index >= 15 is 0 Å². The molecule has 8 nitrogen and oxygen atoms in total. The normalized spacial score (nSPS) is 10.5. The first kappa shape index (κ1) is 26.7. The maximum atomic E-state index is 12.7. The fourth-order valence-electron chi connectivity index (χ4n) is 3.23. The number of anilines is 2. The third kappa shape index (κ3) is 8.72. The Labute approximate surface area is 211 Å². The van der Waals surface area contributed by atoms with Gasteiger partial charge in [0, 0.05) is 47.8 Å². The maximum Gasteiger partial charge on any atom is 0.255 e. The summed E-state index contributed by atoms with van der Waals surface area (Å²) >= 11 is 0. The van der Waals surface area contributed by atoms with E-state index in [2.05, 4.69) is 10.6 Å². The molecule has 0 atom stereocenters. The summed E-state index contributed by atoms with van der Waals surface area (Å²) in [7, 11) is 0. The van der Waals surface area contributed by atoms with Crippen molar-refractivity contribution in [2.75, 3.05) is 50.3 Å². The molecule has 0 bridgehead atoms. The topological polar surface area (TPSA) is 95.1 Å². The Morgan fingerprint density at radius 2 is 1.03 bits per heavy atom. The van der Waals surface area contributed by atoms with E-state index in [9.17, 15) is 9.59 Å². The molecule has 0 saturated heterocycles. The summed E-state index contributed by atoms with van der Waals surface area (Å²) in [6.45, 7) is 6.99. The highest BCUT2D eigenvalue weighted by atomic mass is 16.5. The quantitative estimate of drug-likeness (QED) is 0.307. The van der Waals surface area contributed by atoms with E-state index in [-0.39, 0.29) is 11.8 Å². The molecule has 3 aromatic rings. The molecule has 3 aromatic carbocycles. The molecule has 0 aliphatic rings. The molecule has 36 heavy (non-hydrogen) atoms. The zero-order valence-corrected chi connectivity index (χ0v) is 20.6. The van der Waals surface area contributed by atoms with E-state index in [1.54, 1.807) is 60.7 Å². The molecule has 2 N–H and O–H groups in total. The van der Waals surface area contributed by atoms with Crippen LogP contribution >= 0.6 is 0 Å². The van der Waals surface area contributed by atoms with Crippen molar-refractivity contribution in [3.05, 3.63) is 83.9 Å². The minimum atomic E-state index is -0.287. The van der Waals surface area contributed by atoms with Crippen LogP contribution in [0.25, 0.3) is 0 Å². The number of rotatable bonds is 14. The Morgan fingerprint density at radius 1 is 0.611 bits per heavy atom. The van der Waals surface area contributed by atoms with Crippen LogP contribution in [0.4, 0.5) is 11.4 Å². The van der Waals surface area contributed by atoms with Gasteiger partial charge in [-0.25, -0.2) is 0 Å². The highest BCUT2D eigenvalue weighted by molar-refractivity contribution is 6.07. The largest absolute Gasteiger partial charge is 0.491 e. The molecular weight excluding hydrogens is 460 g/mol. The third-order valence-corrected chi connectivity index (χ3v) is 4.99. The molecule has 0 aliphatic heterocycles. The molecule has 0 unspecified atom stereocenters. The highest BCUT2D eigenvalue weighted by Crippen LogP contribution is 2.20. The lowest BCUT2D eigenvalue weighted by Gasteiger charge is -2.10. The molecular formula is C28H32N2O6.